The summed E-state index contributed by atoms with van der Waals surface area (Å²) in [7, 11) is 0. The zero-order chi connectivity index (χ0) is 11.3. The molecule has 1 N–H and O–H groups in total. The highest BCUT2D eigenvalue weighted by Crippen LogP contribution is 2.03. The first-order valence-corrected chi connectivity index (χ1v) is 4.80. The van der Waals surface area contributed by atoms with Crippen molar-refractivity contribution >= 4 is 6.09 Å². The van der Waals surface area contributed by atoms with E-state index in [0.717, 1.165) is 5.56 Å². The lowest BCUT2D eigenvalue weighted by Gasteiger charge is -2.18. The van der Waals surface area contributed by atoms with Crippen molar-refractivity contribution in [2.75, 3.05) is 0 Å². The van der Waals surface area contributed by atoms with Crippen molar-refractivity contribution in [1.29, 1.82) is 0 Å². The molecule has 0 aromatic heterocycles. The summed E-state index contributed by atoms with van der Waals surface area (Å²) in [4.78, 5) is 11.2. The SMILES string of the molecule is CC(C)N(O)C(=O)OCc1ccccc1. The van der Waals surface area contributed by atoms with Crippen molar-refractivity contribution < 1.29 is 14.7 Å². The van der Waals surface area contributed by atoms with Gasteiger partial charge in [0.15, 0.2) is 0 Å². The molecule has 0 unspecified atom stereocenters. The third-order valence-electron chi connectivity index (χ3n) is 1.88. The summed E-state index contributed by atoms with van der Waals surface area (Å²) >= 11 is 0. The molecule has 1 amide bonds. The summed E-state index contributed by atoms with van der Waals surface area (Å²) in [5, 5.41) is 9.80. The second-order valence-electron chi connectivity index (χ2n) is 3.48. The third kappa shape index (κ3) is 3.59. The van der Waals surface area contributed by atoms with E-state index in [2.05, 4.69) is 0 Å². The maximum absolute atomic E-state index is 11.2. The first-order chi connectivity index (χ1) is 7.11. The number of nitrogens with zero attached hydrogens (tertiary/aromatic N) is 1. The fourth-order valence-corrected chi connectivity index (χ4v) is 0.996. The zero-order valence-electron chi connectivity index (χ0n) is 8.88. The average molecular weight is 209 g/mol. The minimum absolute atomic E-state index is 0.170. The van der Waals surface area contributed by atoms with Gasteiger partial charge >= 0.3 is 6.09 Å². The van der Waals surface area contributed by atoms with Gasteiger partial charge in [-0.1, -0.05) is 30.3 Å². The number of amides is 1. The van der Waals surface area contributed by atoms with E-state index in [1.165, 1.54) is 0 Å². The third-order valence-corrected chi connectivity index (χ3v) is 1.88. The zero-order valence-corrected chi connectivity index (χ0v) is 8.88. The monoisotopic (exact) mass is 209 g/mol. The van der Waals surface area contributed by atoms with Crippen LogP contribution in [-0.4, -0.2) is 22.4 Å². The van der Waals surface area contributed by atoms with Crippen molar-refractivity contribution in [3.05, 3.63) is 35.9 Å². The largest absolute Gasteiger partial charge is 0.443 e. The summed E-state index contributed by atoms with van der Waals surface area (Å²) in [5.74, 6) is 0. The summed E-state index contributed by atoms with van der Waals surface area (Å²) in [6.45, 7) is 3.57. The second kappa shape index (κ2) is 5.36. The minimum atomic E-state index is -0.728. The van der Waals surface area contributed by atoms with Crippen LogP contribution in [0.15, 0.2) is 30.3 Å². The minimum Gasteiger partial charge on any atom is -0.443 e. The Morgan fingerprint density at radius 3 is 2.53 bits per heavy atom. The summed E-state index contributed by atoms with van der Waals surface area (Å²) in [6, 6.07) is 9.03. The van der Waals surface area contributed by atoms with Gasteiger partial charge in [0.05, 0.1) is 6.04 Å². The molecule has 0 saturated heterocycles. The van der Waals surface area contributed by atoms with Gasteiger partial charge in [0, 0.05) is 0 Å². The van der Waals surface area contributed by atoms with Gasteiger partial charge in [0.1, 0.15) is 6.61 Å². The molecule has 1 aromatic rings. The Labute approximate surface area is 89.0 Å². The van der Waals surface area contributed by atoms with E-state index in [1.54, 1.807) is 13.8 Å². The van der Waals surface area contributed by atoms with Crippen molar-refractivity contribution in [2.45, 2.75) is 26.5 Å². The maximum atomic E-state index is 11.2. The van der Waals surface area contributed by atoms with Gasteiger partial charge in [0.2, 0.25) is 0 Å². The average Bonchev–Trinajstić information content (AvgIpc) is 2.26. The van der Waals surface area contributed by atoms with Crippen LogP contribution in [0.4, 0.5) is 4.79 Å². The van der Waals surface area contributed by atoms with Gasteiger partial charge in [-0.25, -0.2) is 4.79 Å². The number of benzene rings is 1. The maximum Gasteiger partial charge on any atom is 0.434 e. The van der Waals surface area contributed by atoms with Gasteiger partial charge in [-0.2, -0.15) is 5.06 Å². The normalized spacial score (nSPS) is 10.1. The Morgan fingerprint density at radius 2 is 2.00 bits per heavy atom. The molecule has 0 aliphatic heterocycles. The Morgan fingerprint density at radius 1 is 1.40 bits per heavy atom. The Hall–Kier alpha value is -1.55. The van der Waals surface area contributed by atoms with Crippen molar-refractivity contribution in [3.8, 4) is 0 Å². The molecule has 15 heavy (non-hydrogen) atoms. The number of hydrogen-bond acceptors (Lipinski definition) is 3. The van der Waals surface area contributed by atoms with Crippen LogP contribution in [0.1, 0.15) is 19.4 Å². The smallest absolute Gasteiger partial charge is 0.434 e. The van der Waals surface area contributed by atoms with Gasteiger partial charge in [-0.05, 0) is 19.4 Å². The quantitative estimate of drug-likeness (QED) is 0.614. The molecule has 0 radical (unpaired) electrons. The number of carbonyl (C=O) groups excluding carboxylic acids is 1. The first-order valence-electron chi connectivity index (χ1n) is 4.80. The highest BCUT2D eigenvalue weighted by Gasteiger charge is 2.15. The van der Waals surface area contributed by atoms with Crippen molar-refractivity contribution in [2.24, 2.45) is 0 Å². The van der Waals surface area contributed by atoms with Gasteiger partial charge in [0.25, 0.3) is 0 Å². The lowest BCUT2D eigenvalue weighted by Crippen LogP contribution is -2.34. The van der Waals surface area contributed by atoms with Crippen LogP contribution in [-0.2, 0) is 11.3 Å². The van der Waals surface area contributed by atoms with Crippen molar-refractivity contribution in [3.63, 3.8) is 0 Å². The molecular weight excluding hydrogens is 194 g/mol. The second-order valence-corrected chi connectivity index (χ2v) is 3.48. The molecule has 82 valence electrons. The topological polar surface area (TPSA) is 49.8 Å². The van der Waals surface area contributed by atoms with Gasteiger partial charge in [-0.3, -0.25) is 5.21 Å². The Balaban J connectivity index is 2.41. The molecule has 0 atom stereocenters. The molecular formula is C11H15NO3. The Kier molecular flexibility index (Phi) is 4.12. The molecule has 1 aromatic carbocycles. The molecule has 4 nitrogen and oxygen atoms in total. The fourth-order valence-electron chi connectivity index (χ4n) is 0.996. The molecule has 0 heterocycles. The molecule has 0 bridgehead atoms. The predicted octanol–water partition coefficient (Wildman–Crippen LogP) is 2.42. The number of rotatable bonds is 3. The highest BCUT2D eigenvalue weighted by molar-refractivity contribution is 5.66. The van der Waals surface area contributed by atoms with E-state index >= 15 is 0 Å². The number of carbonyl (C=O) groups is 1. The van der Waals surface area contributed by atoms with Crippen molar-refractivity contribution in [1.82, 2.24) is 5.06 Å². The molecule has 0 aliphatic rings. The van der Waals surface area contributed by atoms with E-state index in [-0.39, 0.29) is 12.6 Å². The van der Waals surface area contributed by atoms with Crippen LogP contribution in [0, 0.1) is 0 Å². The molecule has 0 aliphatic carbocycles. The van der Waals surface area contributed by atoms with Crippen LogP contribution in [0.5, 0.6) is 0 Å². The fraction of sp³-hybridized carbons (Fsp3) is 0.364. The predicted molar refractivity (Wildman–Crippen MR) is 55.4 cm³/mol. The van der Waals surface area contributed by atoms with E-state index in [0.29, 0.717) is 5.06 Å². The van der Waals surface area contributed by atoms with Crippen LogP contribution in [0.3, 0.4) is 0 Å². The van der Waals surface area contributed by atoms with E-state index in [1.807, 2.05) is 30.3 Å². The van der Waals surface area contributed by atoms with E-state index < -0.39 is 6.09 Å². The molecule has 0 saturated carbocycles. The van der Waals surface area contributed by atoms with Crippen LogP contribution >= 0.6 is 0 Å². The van der Waals surface area contributed by atoms with Crippen LogP contribution in [0.25, 0.3) is 0 Å². The molecule has 4 heteroatoms. The summed E-state index contributed by atoms with van der Waals surface area (Å²) in [5.41, 5.74) is 0.892. The number of ether oxygens (including phenoxy) is 1. The number of hydroxylamine groups is 2. The highest BCUT2D eigenvalue weighted by atomic mass is 16.6. The van der Waals surface area contributed by atoms with Crippen LogP contribution < -0.4 is 0 Å². The standard InChI is InChI=1S/C11H15NO3/c1-9(2)12(14)11(13)15-8-10-6-4-3-5-7-10/h3-7,9,14H,8H2,1-2H3. The lowest BCUT2D eigenvalue weighted by atomic mass is 10.2. The molecule has 1 rings (SSSR count). The summed E-state index contributed by atoms with van der Waals surface area (Å²) < 4.78 is 4.89. The first kappa shape index (κ1) is 11.5. The van der Waals surface area contributed by atoms with E-state index in [9.17, 15) is 10.0 Å². The summed E-state index contributed by atoms with van der Waals surface area (Å²) in [6.07, 6.45) is -0.728. The molecule has 0 fully saturated rings. The van der Waals surface area contributed by atoms with E-state index in [4.69, 9.17) is 4.74 Å². The Bertz CT molecular complexity index is 311. The van der Waals surface area contributed by atoms with Gasteiger partial charge in [-0.15, -0.1) is 0 Å². The molecule has 0 spiro atoms. The number of hydrogen-bond donors (Lipinski definition) is 1. The van der Waals surface area contributed by atoms with Crippen LogP contribution in [0.2, 0.25) is 0 Å². The van der Waals surface area contributed by atoms with Gasteiger partial charge < -0.3 is 4.74 Å². The lowest BCUT2D eigenvalue weighted by molar-refractivity contribution is -0.0971.